The van der Waals surface area contributed by atoms with E-state index in [4.69, 9.17) is 0 Å². The van der Waals surface area contributed by atoms with Crippen LogP contribution in [0.5, 0.6) is 0 Å². The van der Waals surface area contributed by atoms with Gasteiger partial charge in [0.05, 0.1) is 0 Å². The molecule has 0 spiro atoms. The van der Waals surface area contributed by atoms with Crippen molar-refractivity contribution in [2.24, 2.45) is 0 Å². The van der Waals surface area contributed by atoms with Crippen LogP contribution < -0.4 is 10.6 Å². The molecule has 0 fully saturated rings. The van der Waals surface area contributed by atoms with Crippen molar-refractivity contribution < 1.29 is 9.59 Å². The zero-order chi connectivity index (χ0) is 18.2. The van der Waals surface area contributed by atoms with E-state index in [1.165, 1.54) is 22.7 Å². The molecular formula is C18H18N4O2S2. The van der Waals surface area contributed by atoms with E-state index in [-0.39, 0.29) is 11.8 Å². The molecular weight excluding hydrogens is 368 g/mol. The number of hydrogen-bond donors (Lipinski definition) is 2. The molecule has 0 saturated carbocycles. The maximum absolute atomic E-state index is 11.9. The molecule has 3 aromatic rings. The van der Waals surface area contributed by atoms with Gasteiger partial charge in [-0.3, -0.25) is 9.59 Å². The molecule has 26 heavy (non-hydrogen) atoms. The van der Waals surface area contributed by atoms with Crippen LogP contribution in [-0.4, -0.2) is 21.8 Å². The van der Waals surface area contributed by atoms with Crippen molar-refractivity contribution in [3.8, 4) is 0 Å². The van der Waals surface area contributed by atoms with E-state index in [9.17, 15) is 9.59 Å². The predicted octanol–water partition coefficient (Wildman–Crippen LogP) is 3.74. The number of carbonyl (C=O) groups excluding carboxylic acids is 2. The molecule has 0 unspecified atom stereocenters. The van der Waals surface area contributed by atoms with Gasteiger partial charge in [0.25, 0.3) is 0 Å². The van der Waals surface area contributed by atoms with Gasteiger partial charge in [-0.15, -0.1) is 22.7 Å². The molecule has 3 rings (SSSR count). The number of carbonyl (C=O) groups is 2. The van der Waals surface area contributed by atoms with Gasteiger partial charge in [0, 0.05) is 36.0 Å². The first-order valence-corrected chi connectivity index (χ1v) is 9.91. The molecule has 2 N–H and O–H groups in total. The van der Waals surface area contributed by atoms with Crippen LogP contribution in [0.1, 0.15) is 24.0 Å². The maximum atomic E-state index is 11.9. The fraction of sp³-hybridized carbons (Fsp3) is 0.222. The van der Waals surface area contributed by atoms with Gasteiger partial charge in [-0.05, 0) is 24.0 Å². The third kappa shape index (κ3) is 5.75. The van der Waals surface area contributed by atoms with Crippen LogP contribution in [0, 0.1) is 0 Å². The van der Waals surface area contributed by atoms with Gasteiger partial charge in [-0.25, -0.2) is 9.97 Å². The Labute approximate surface area is 159 Å². The fourth-order valence-electron chi connectivity index (χ4n) is 2.32. The van der Waals surface area contributed by atoms with Gasteiger partial charge in [-0.2, -0.15) is 0 Å². The molecule has 2 heterocycles. The van der Waals surface area contributed by atoms with E-state index in [0.29, 0.717) is 35.9 Å². The number of amides is 2. The minimum Gasteiger partial charge on any atom is -0.302 e. The Morgan fingerprint density at radius 2 is 1.19 bits per heavy atom. The minimum atomic E-state index is -0.0390. The second kappa shape index (κ2) is 9.21. The average Bonchev–Trinajstić information content (AvgIpc) is 3.33. The molecule has 2 aromatic heterocycles. The molecule has 134 valence electrons. The number of nitrogens with zero attached hydrogens (tertiary/aromatic N) is 2. The molecule has 2 amide bonds. The molecule has 0 saturated heterocycles. The topological polar surface area (TPSA) is 84.0 Å². The van der Waals surface area contributed by atoms with Gasteiger partial charge in [0.15, 0.2) is 10.3 Å². The number of hydrogen-bond acceptors (Lipinski definition) is 6. The highest BCUT2D eigenvalue weighted by molar-refractivity contribution is 7.14. The van der Waals surface area contributed by atoms with Gasteiger partial charge in [0.1, 0.15) is 0 Å². The fourth-order valence-corrected chi connectivity index (χ4v) is 3.41. The normalized spacial score (nSPS) is 10.5. The minimum absolute atomic E-state index is 0.0390. The lowest BCUT2D eigenvalue weighted by Gasteiger charge is -2.05. The molecule has 8 heteroatoms. The summed E-state index contributed by atoms with van der Waals surface area (Å²) in [6, 6.07) is 8.02. The maximum Gasteiger partial charge on any atom is 0.226 e. The first-order valence-electron chi connectivity index (χ1n) is 8.15. The molecule has 0 aliphatic heterocycles. The summed E-state index contributed by atoms with van der Waals surface area (Å²) in [5.74, 6) is -0.0780. The quantitative estimate of drug-likeness (QED) is 0.618. The van der Waals surface area contributed by atoms with Crippen molar-refractivity contribution >= 4 is 44.8 Å². The summed E-state index contributed by atoms with van der Waals surface area (Å²) in [7, 11) is 0. The number of anilines is 2. The van der Waals surface area contributed by atoms with Crippen LogP contribution >= 0.6 is 22.7 Å². The Morgan fingerprint density at radius 3 is 1.54 bits per heavy atom. The van der Waals surface area contributed by atoms with E-state index >= 15 is 0 Å². The number of thiazole rings is 2. The SMILES string of the molecule is O=C(CCc1ccc(CCC(=O)Nc2nccs2)cc1)Nc1nccs1. The summed E-state index contributed by atoms with van der Waals surface area (Å²) in [6.07, 6.45) is 5.49. The van der Waals surface area contributed by atoms with Crippen LogP contribution in [0.3, 0.4) is 0 Å². The first kappa shape index (κ1) is 18.2. The second-order valence-corrected chi connectivity index (χ2v) is 7.38. The molecule has 0 aliphatic carbocycles. The van der Waals surface area contributed by atoms with E-state index in [1.54, 1.807) is 12.4 Å². The van der Waals surface area contributed by atoms with E-state index < -0.39 is 0 Å². The van der Waals surface area contributed by atoms with Crippen molar-refractivity contribution in [1.29, 1.82) is 0 Å². The Kier molecular flexibility index (Phi) is 6.45. The number of aromatic nitrogens is 2. The first-order chi connectivity index (χ1) is 12.7. The zero-order valence-electron chi connectivity index (χ0n) is 14.0. The highest BCUT2D eigenvalue weighted by Crippen LogP contribution is 2.14. The summed E-state index contributed by atoms with van der Waals surface area (Å²) in [5, 5.41) is 10.5. The molecule has 6 nitrogen and oxygen atoms in total. The average molecular weight is 387 g/mol. The second-order valence-electron chi connectivity index (χ2n) is 5.59. The van der Waals surface area contributed by atoms with Crippen LogP contribution in [0.2, 0.25) is 0 Å². The molecule has 0 aliphatic rings. The summed E-state index contributed by atoms with van der Waals surface area (Å²) in [5.41, 5.74) is 2.19. The molecule has 0 radical (unpaired) electrons. The van der Waals surface area contributed by atoms with Crippen LogP contribution in [-0.2, 0) is 22.4 Å². The summed E-state index contributed by atoms with van der Waals surface area (Å²) in [6.45, 7) is 0. The van der Waals surface area contributed by atoms with Gasteiger partial charge < -0.3 is 10.6 Å². The number of rotatable bonds is 8. The molecule has 0 bridgehead atoms. The Bertz CT molecular complexity index is 759. The molecule has 0 atom stereocenters. The number of aryl methyl sites for hydroxylation is 2. The lowest BCUT2D eigenvalue weighted by atomic mass is 10.0. The van der Waals surface area contributed by atoms with Crippen LogP contribution in [0.4, 0.5) is 10.3 Å². The van der Waals surface area contributed by atoms with Crippen molar-refractivity contribution in [3.05, 3.63) is 58.5 Å². The lowest BCUT2D eigenvalue weighted by molar-refractivity contribution is -0.117. The van der Waals surface area contributed by atoms with Crippen molar-refractivity contribution in [3.63, 3.8) is 0 Å². The van der Waals surface area contributed by atoms with Crippen molar-refractivity contribution in [2.75, 3.05) is 10.6 Å². The van der Waals surface area contributed by atoms with Gasteiger partial charge in [-0.1, -0.05) is 24.3 Å². The summed E-state index contributed by atoms with van der Waals surface area (Å²) < 4.78 is 0. The Hall–Kier alpha value is -2.58. The highest BCUT2D eigenvalue weighted by Gasteiger charge is 2.06. The predicted molar refractivity (Wildman–Crippen MR) is 105 cm³/mol. The van der Waals surface area contributed by atoms with Crippen molar-refractivity contribution in [2.45, 2.75) is 25.7 Å². The zero-order valence-corrected chi connectivity index (χ0v) is 15.6. The Morgan fingerprint density at radius 1 is 0.769 bits per heavy atom. The number of benzene rings is 1. The van der Waals surface area contributed by atoms with E-state index in [0.717, 1.165) is 11.1 Å². The summed E-state index contributed by atoms with van der Waals surface area (Å²) in [4.78, 5) is 31.8. The van der Waals surface area contributed by atoms with Gasteiger partial charge >= 0.3 is 0 Å². The lowest BCUT2D eigenvalue weighted by Crippen LogP contribution is -2.12. The van der Waals surface area contributed by atoms with E-state index in [2.05, 4.69) is 20.6 Å². The molecule has 1 aromatic carbocycles. The third-order valence-corrected chi connectivity index (χ3v) is 5.04. The van der Waals surface area contributed by atoms with Gasteiger partial charge in [0.2, 0.25) is 11.8 Å². The highest BCUT2D eigenvalue weighted by atomic mass is 32.1. The monoisotopic (exact) mass is 386 g/mol. The largest absolute Gasteiger partial charge is 0.302 e. The number of nitrogens with one attached hydrogen (secondary N) is 2. The van der Waals surface area contributed by atoms with Crippen molar-refractivity contribution in [1.82, 2.24) is 9.97 Å². The van der Waals surface area contributed by atoms with E-state index in [1.807, 2.05) is 35.0 Å². The van der Waals surface area contributed by atoms with Crippen LogP contribution in [0.15, 0.2) is 47.4 Å². The standard InChI is InChI=1S/C18H18N4O2S2/c23-15(21-17-19-9-11-25-17)7-5-13-1-2-14(4-3-13)6-8-16(24)22-18-20-10-12-26-18/h1-4,9-12H,5-8H2,(H,19,21,23)(H,20,22,24). The van der Waals surface area contributed by atoms with Crippen LogP contribution in [0.25, 0.3) is 0 Å². The summed E-state index contributed by atoms with van der Waals surface area (Å²) >= 11 is 2.81. The smallest absolute Gasteiger partial charge is 0.226 e. The third-order valence-electron chi connectivity index (χ3n) is 3.66. The Balaban J connectivity index is 1.40.